The van der Waals surface area contributed by atoms with E-state index in [0.717, 1.165) is 17.1 Å². The minimum atomic E-state index is -4.99. The van der Waals surface area contributed by atoms with Crippen molar-refractivity contribution >= 4 is 11.7 Å². The average Bonchev–Trinajstić information content (AvgIpc) is 3.02. The number of allylic oxidation sites excluding steroid dienone is 1. The number of aliphatic carboxylic acids is 1. The lowest BCUT2D eigenvalue weighted by atomic mass is 10.0. The van der Waals surface area contributed by atoms with Crippen LogP contribution < -0.4 is 0 Å². The topological polar surface area (TPSA) is 68.0 Å². The van der Waals surface area contributed by atoms with Gasteiger partial charge in [0.25, 0.3) is 0 Å². The lowest BCUT2D eigenvalue weighted by molar-refractivity contribution is -0.143. The molecular weight excluding hydrogens is 380 g/mol. The first-order chi connectivity index (χ1) is 12.4. The maximum absolute atomic E-state index is 12.9. The van der Waals surface area contributed by atoms with Gasteiger partial charge >= 0.3 is 18.3 Å². The molecule has 0 aliphatic heterocycles. The molecule has 0 atom stereocenters. The van der Waals surface area contributed by atoms with Crippen LogP contribution in [0.2, 0.25) is 0 Å². The van der Waals surface area contributed by atoms with Crippen molar-refractivity contribution < 1.29 is 36.2 Å². The second kappa shape index (κ2) is 7.41. The van der Waals surface area contributed by atoms with Gasteiger partial charge in [-0.1, -0.05) is 13.3 Å². The van der Waals surface area contributed by atoms with Gasteiger partial charge in [-0.25, -0.2) is 14.5 Å². The van der Waals surface area contributed by atoms with Gasteiger partial charge in [-0.3, -0.25) is 0 Å². The van der Waals surface area contributed by atoms with Crippen molar-refractivity contribution in [3.63, 3.8) is 0 Å². The molecule has 0 fully saturated rings. The second-order valence-corrected chi connectivity index (χ2v) is 5.53. The predicted molar refractivity (Wildman–Crippen MR) is 82.3 cm³/mol. The van der Waals surface area contributed by atoms with E-state index in [9.17, 15) is 31.1 Å². The van der Waals surface area contributed by atoms with Crippen LogP contribution >= 0.6 is 0 Å². The Labute approximate surface area is 148 Å². The van der Waals surface area contributed by atoms with E-state index in [0.29, 0.717) is 18.6 Å². The molecule has 0 aliphatic rings. The Morgan fingerprint density at radius 3 is 2.11 bits per heavy atom. The van der Waals surface area contributed by atoms with E-state index in [-0.39, 0.29) is 24.0 Å². The molecule has 0 bridgehead atoms. The summed E-state index contributed by atoms with van der Waals surface area (Å²) < 4.78 is 78.7. The van der Waals surface area contributed by atoms with Crippen molar-refractivity contribution in [3.8, 4) is 11.4 Å². The molecule has 1 heterocycles. The van der Waals surface area contributed by atoms with Gasteiger partial charge < -0.3 is 5.11 Å². The molecule has 0 unspecified atom stereocenters. The highest BCUT2D eigenvalue weighted by Gasteiger charge is 2.37. The Morgan fingerprint density at radius 1 is 1.11 bits per heavy atom. The van der Waals surface area contributed by atoms with Crippen LogP contribution in [0.5, 0.6) is 0 Å². The number of carboxylic acid groups (broad SMARTS) is 1. The van der Waals surface area contributed by atoms with Crippen molar-refractivity contribution in [1.82, 2.24) is 14.8 Å². The third kappa shape index (κ3) is 5.08. The lowest BCUT2D eigenvalue weighted by Crippen LogP contribution is -2.11. The normalized spacial score (nSPS) is 13.1. The van der Waals surface area contributed by atoms with E-state index in [2.05, 4.69) is 10.1 Å². The molecule has 146 valence electrons. The fourth-order valence-electron chi connectivity index (χ4n) is 2.27. The third-order valence-corrected chi connectivity index (χ3v) is 3.43. The van der Waals surface area contributed by atoms with Gasteiger partial charge in [-0.15, -0.1) is 5.10 Å². The van der Waals surface area contributed by atoms with E-state index < -0.39 is 35.0 Å². The predicted octanol–water partition coefficient (Wildman–Crippen LogP) is 4.71. The Morgan fingerprint density at radius 2 is 1.67 bits per heavy atom. The highest BCUT2D eigenvalue weighted by molar-refractivity contribution is 5.86. The van der Waals surface area contributed by atoms with Crippen molar-refractivity contribution in [2.24, 2.45) is 0 Å². The number of nitrogens with zero attached hydrogens (tertiary/aromatic N) is 3. The summed E-state index contributed by atoms with van der Waals surface area (Å²) in [6.07, 6.45) is -7.30. The molecule has 0 aliphatic carbocycles. The molecule has 1 N–H and O–H groups in total. The molecule has 0 amide bonds. The van der Waals surface area contributed by atoms with Gasteiger partial charge in [0.2, 0.25) is 0 Å². The molecule has 0 radical (unpaired) electrons. The minimum Gasteiger partial charge on any atom is -0.478 e. The number of benzene rings is 1. The van der Waals surface area contributed by atoms with Crippen molar-refractivity contribution in [2.45, 2.75) is 32.1 Å². The summed E-state index contributed by atoms with van der Waals surface area (Å²) in [5.41, 5.74) is -3.27. The summed E-state index contributed by atoms with van der Waals surface area (Å²) in [7, 11) is 0. The van der Waals surface area contributed by atoms with Gasteiger partial charge in [0.05, 0.1) is 16.8 Å². The number of alkyl halides is 6. The largest absolute Gasteiger partial charge is 0.478 e. The van der Waals surface area contributed by atoms with E-state index >= 15 is 0 Å². The number of halogens is 6. The molecule has 0 saturated heterocycles. The first-order valence-corrected chi connectivity index (χ1v) is 7.57. The maximum atomic E-state index is 12.9. The zero-order chi connectivity index (χ0) is 20.4. The number of aromatic nitrogens is 3. The Bertz CT molecular complexity index is 836. The smallest absolute Gasteiger partial charge is 0.416 e. The molecule has 27 heavy (non-hydrogen) atoms. The van der Waals surface area contributed by atoms with Crippen LogP contribution in [0.15, 0.2) is 30.6 Å². The summed E-state index contributed by atoms with van der Waals surface area (Å²) in [5.74, 6) is -1.66. The van der Waals surface area contributed by atoms with Crippen molar-refractivity contribution in [3.05, 3.63) is 41.7 Å². The van der Waals surface area contributed by atoms with Gasteiger partial charge in [-0.05, 0) is 24.6 Å². The standard InChI is InChI=1S/C16H13F6N3O2/c1-2-3-12(7-13(26)27)25-8-23-14(24-25)9-4-10(15(17,18)19)6-11(5-9)16(20,21)22/h4-8H,2-3H2,1H3,(H,26,27)/b12-7-. The summed E-state index contributed by atoms with van der Waals surface area (Å²) in [6, 6.07) is 1.03. The first-order valence-electron chi connectivity index (χ1n) is 7.57. The van der Waals surface area contributed by atoms with E-state index in [1.54, 1.807) is 6.92 Å². The van der Waals surface area contributed by atoms with Crippen LogP contribution in [-0.2, 0) is 17.1 Å². The number of carbonyl (C=O) groups is 1. The number of rotatable bonds is 5. The van der Waals surface area contributed by atoms with Gasteiger partial charge in [0, 0.05) is 11.6 Å². The fraction of sp³-hybridized carbons (Fsp3) is 0.312. The molecular formula is C16H13F6N3O2. The number of carboxylic acids is 1. The van der Waals surface area contributed by atoms with Crippen LogP contribution in [0.25, 0.3) is 17.1 Å². The monoisotopic (exact) mass is 393 g/mol. The molecule has 0 spiro atoms. The zero-order valence-electron chi connectivity index (χ0n) is 13.8. The molecule has 5 nitrogen and oxygen atoms in total. The summed E-state index contributed by atoms with van der Waals surface area (Å²) in [4.78, 5) is 14.6. The summed E-state index contributed by atoms with van der Waals surface area (Å²) in [5, 5.41) is 12.7. The first kappa shape index (κ1) is 20.5. The molecule has 2 rings (SSSR count). The quantitative estimate of drug-likeness (QED) is 0.590. The summed E-state index contributed by atoms with van der Waals surface area (Å²) >= 11 is 0. The molecule has 1 aromatic heterocycles. The minimum absolute atomic E-state index is 0.00728. The van der Waals surface area contributed by atoms with Gasteiger partial charge in [0.1, 0.15) is 6.33 Å². The highest BCUT2D eigenvalue weighted by Crippen LogP contribution is 2.38. The number of hydrogen-bond donors (Lipinski definition) is 1. The lowest BCUT2D eigenvalue weighted by Gasteiger charge is -2.13. The fourth-order valence-corrected chi connectivity index (χ4v) is 2.27. The van der Waals surface area contributed by atoms with Crippen molar-refractivity contribution in [1.29, 1.82) is 0 Å². The van der Waals surface area contributed by atoms with E-state index in [4.69, 9.17) is 5.11 Å². The summed E-state index contributed by atoms with van der Waals surface area (Å²) in [6.45, 7) is 1.76. The maximum Gasteiger partial charge on any atom is 0.416 e. The van der Waals surface area contributed by atoms with Gasteiger partial charge in [0.15, 0.2) is 5.82 Å². The second-order valence-electron chi connectivity index (χ2n) is 5.53. The number of hydrogen-bond acceptors (Lipinski definition) is 3. The molecule has 11 heteroatoms. The van der Waals surface area contributed by atoms with Crippen LogP contribution in [0, 0.1) is 0 Å². The van der Waals surface area contributed by atoms with Crippen LogP contribution in [0.1, 0.15) is 30.9 Å². The van der Waals surface area contributed by atoms with E-state index in [1.165, 1.54) is 0 Å². The van der Waals surface area contributed by atoms with Crippen LogP contribution in [-0.4, -0.2) is 25.8 Å². The molecule has 2 aromatic rings. The molecule has 1 aromatic carbocycles. The third-order valence-electron chi connectivity index (χ3n) is 3.43. The zero-order valence-corrected chi connectivity index (χ0v) is 13.8. The highest BCUT2D eigenvalue weighted by atomic mass is 19.4. The van der Waals surface area contributed by atoms with E-state index in [1.807, 2.05) is 0 Å². The Hall–Kier alpha value is -2.85. The van der Waals surface area contributed by atoms with Gasteiger partial charge in [-0.2, -0.15) is 26.3 Å². The molecule has 0 saturated carbocycles. The van der Waals surface area contributed by atoms with Crippen LogP contribution in [0.4, 0.5) is 26.3 Å². The Kier molecular flexibility index (Phi) is 5.62. The average molecular weight is 393 g/mol. The van der Waals surface area contributed by atoms with Crippen LogP contribution in [0.3, 0.4) is 0 Å². The van der Waals surface area contributed by atoms with Crippen molar-refractivity contribution in [2.75, 3.05) is 0 Å². The Balaban J connectivity index is 2.56. The SMILES string of the molecule is CCC/C(=C/C(=O)O)n1cnc(-c2cc(C(F)(F)F)cc(C(F)(F)F)c2)n1.